The lowest BCUT2D eigenvalue weighted by Gasteiger charge is -2.37. The third kappa shape index (κ3) is 2.87. The van der Waals surface area contributed by atoms with Crippen molar-refractivity contribution in [1.29, 1.82) is 0 Å². The van der Waals surface area contributed by atoms with Crippen LogP contribution in [0.2, 0.25) is 0 Å². The summed E-state index contributed by atoms with van der Waals surface area (Å²) in [5.74, 6) is 1.32. The Morgan fingerprint density at radius 1 is 1.42 bits per heavy atom. The molecule has 1 aromatic carbocycles. The van der Waals surface area contributed by atoms with Gasteiger partial charge in [0.15, 0.2) is 0 Å². The second-order valence-corrected chi connectivity index (χ2v) is 6.26. The van der Waals surface area contributed by atoms with Gasteiger partial charge in [-0.2, -0.15) is 4.99 Å². The number of ether oxygens (including phenoxy) is 3. The van der Waals surface area contributed by atoms with Crippen molar-refractivity contribution in [3.8, 4) is 5.75 Å². The number of hydrogen-bond donors (Lipinski definition) is 1. The monoisotopic (exact) mass is 330 g/mol. The Labute approximate surface area is 141 Å². The second kappa shape index (κ2) is 6.45. The van der Waals surface area contributed by atoms with Gasteiger partial charge in [-0.25, -0.2) is 0 Å². The van der Waals surface area contributed by atoms with Gasteiger partial charge in [0, 0.05) is 24.8 Å². The molecule has 2 unspecified atom stereocenters. The number of aliphatic hydroxyl groups excluding tert-OH is 1. The summed E-state index contributed by atoms with van der Waals surface area (Å²) in [6, 6.07) is 6.02. The lowest BCUT2D eigenvalue weighted by molar-refractivity contribution is 0.0405. The molecule has 24 heavy (non-hydrogen) atoms. The fraction of sp³-hybridized carbons (Fsp3) is 0.500. The van der Waals surface area contributed by atoms with Crippen molar-refractivity contribution in [2.45, 2.75) is 31.7 Å². The van der Waals surface area contributed by atoms with Crippen LogP contribution in [0.25, 0.3) is 5.70 Å². The van der Waals surface area contributed by atoms with E-state index in [1.54, 1.807) is 7.11 Å². The van der Waals surface area contributed by atoms with E-state index in [0.29, 0.717) is 12.5 Å². The molecule has 4 rings (SSSR count). The summed E-state index contributed by atoms with van der Waals surface area (Å²) in [5, 5.41) is 10.4. The van der Waals surface area contributed by atoms with Gasteiger partial charge in [0.25, 0.3) is 0 Å². The molecular weight excluding hydrogens is 308 g/mol. The fourth-order valence-corrected chi connectivity index (χ4v) is 3.44. The minimum atomic E-state index is -0.903. The summed E-state index contributed by atoms with van der Waals surface area (Å²) >= 11 is 0. The average molecular weight is 330 g/mol. The molecule has 3 heterocycles. The molecule has 1 saturated heterocycles. The molecule has 0 aliphatic carbocycles. The predicted octanol–water partition coefficient (Wildman–Crippen LogP) is 1.78. The van der Waals surface area contributed by atoms with Crippen molar-refractivity contribution < 1.29 is 19.3 Å². The van der Waals surface area contributed by atoms with Gasteiger partial charge in [-0.05, 0) is 43.0 Å². The smallest absolute Gasteiger partial charge is 0.229 e. The van der Waals surface area contributed by atoms with Crippen LogP contribution in [0.5, 0.6) is 5.75 Å². The molecule has 1 fully saturated rings. The van der Waals surface area contributed by atoms with Crippen LogP contribution < -0.4 is 4.74 Å². The highest BCUT2D eigenvalue weighted by Gasteiger charge is 2.30. The van der Waals surface area contributed by atoms with Crippen LogP contribution in [0.3, 0.4) is 0 Å². The summed E-state index contributed by atoms with van der Waals surface area (Å²) in [5.41, 5.74) is 3.25. The van der Waals surface area contributed by atoms with E-state index in [1.807, 2.05) is 23.1 Å². The topological polar surface area (TPSA) is 63.5 Å². The van der Waals surface area contributed by atoms with E-state index in [4.69, 9.17) is 14.2 Å². The van der Waals surface area contributed by atoms with Crippen molar-refractivity contribution in [2.24, 2.45) is 4.99 Å². The summed E-state index contributed by atoms with van der Waals surface area (Å²) in [4.78, 5) is 6.15. The molecule has 2 atom stereocenters. The zero-order chi connectivity index (χ0) is 16.5. The van der Waals surface area contributed by atoms with Gasteiger partial charge >= 0.3 is 0 Å². The molecule has 6 heteroatoms. The molecule has 1 aromatic rings. The van der Waals surface area contributed by atoms with Gasteiger partial charge < -0.3 is 24.2 Å². The Kier molecular flexibility index (Phi) is 4.16. The van der Waals surface area contributed by atoms with E-state index in [-0.39, 0.29) is 6.10 Å². The average Bonchev–Trinajstić information content (AvgIpc) is 3.12. The Balaban J connectivity index is 1.57. The molecule has 3 aliphatic heterocycles. The Morgan fingerprint density at radius 3 is 3.12 bits per heavy atom. The van der Waals surface area contributed by atoms with Crippen molar-refractivity contribution >= 4 is 11.6 Å². The maximum Gasteiger partial charge on any atom is 0.229 e. The summed E-state index contributed by atoms with van der Waals surface area (Å²) in [7, 11) is 1.67. The lowest BCUT2D eigenvalue weighted by atomic mass is 9.95. The predicted molar refractivity (Wildman–Crippen MR) is 89.7 cm³/mol. The minimum Gasteiger partial charge on any atom is -0.497 e. The number of aliphatic imine (C=N–C) groups is 1. The van der Waals surface area contributed by atoms with Crippen LogP contribution in [0, 0.1) is 0 Å². The molecule has 0 amide bonds. The molecule has 0 spiro atoms. The van der Waals surface area contributed by atoms with Gasteiger partial charge in [-0.1, -0.05) is 0 Å². The zero-order valence-corrected chi connectivity index (χ0v) is 13.8. The molecule has 0 saturated carbocycles. The van der Waals surface area contributed by atoms with E-state index in [1.165, 1.54) is 5.56 Å². The highest BCUT2D eigenvalue weighted by molar-refractivity contribution is 5.97. The first-order valence-electron chi connectivity index (χ1n) is 8.40. The Hall–Kier alpha value is -2.05. The highest BCUT2D eigenvalue weighted by Crippen LogP contribution is 2.34. The standard InChI is InChI=1S/C18H22N2O4/c1-22-13-4-5-15-12(9-13)6-7-20-16(15)10-17(19-18(20)21)24-11-14-3-2-8-23-14/h4-5,9-10,14,18,21H,2-3,6-8,11H2,1H3. The van der Waals surface area contributed by atoms with Crippen LogP contribution in [-0.4, -0.2) is 55.2 Å². The Morgan fingerprint density at radius 2 is 2.33 bits per heavy atom. The summed E-state index contributed by atoms with van der Waals surface area (Å²) in [6.45, 7) is 1.99. The number of fused-ring (bicyclic) bond motifs is 3. The number of methoxy groups -OCH3 is 1. The van der Waals surface area contributed by atoms with Crippen LogP contribution in [-0.2, 0) is 15.9 Å². The number of rotatable bonds is 3. The van der Waals surface area contributed by atoms with Crippen molar-refractivity contribution in [3.05, 3.63) is 35.4 Å². The largest absolute Gasteiger partial charge is 0.497 e. The van der Waals surface area contributed by atoms with E-state index < -0.39 is 6.35 Å². The highest BCUT2D eigenvalue weighted by atomic mass is 16.5. The SMILES string of the molecule is COc1ccc2c(c1)CCN1C2=CC(OCC2CCCO2)=NC1O. The number of nitrogens with zero attached hydrogens (tertiary/aromatic N) is 2. The molecule has 0 radical (unpaired) electrons. The van der Waals surface area contributed by atoms with Crippen molar-refractivity contribution in [3.63, 3.8) is 0 Å². The third-order valence-corrected chi connectivity index (χ3v) is 4.74. The van der Waals surface area contributed by atoms with E-state index in [0.717, 1.165) is 49.4 Å². The van der Waals surface area contributed by atoms with E-state index >= 15 is 0 Å². The number of hydrogen-bond acceptors (Lipinski definition) is 6. The zero-order valence-electron chi connectivity index (χ0n) is 13.8. The van der Waals surface area contributed by atoms with E-state index in [9.17, 15) is 5.11 Å². The van der Waals surface area contributed by atoms with Crippen LogP contribution in [0.15, 0.2) is 29.3 Å². The maximum atomic E-state index is 10.4. The van der Waals surface area contributed by atoms with Gasteiger partial charge in [0.1, 0.15) is 12.4 Å². The molecular formula is C18H22N2O4. The quantitative estimate of drug-likeness (QED) is 0.915. The molecule has 1 N–H and O–H groups in total. The molecule has 6 nitrogen and oxygen atoms in total. The first kappa shape index (κ1) is 15.5. The number of benzene rings is 1. The van der Waals surface area contributed by atoms with Crippen molar-refractivity contribution in [2.75, 3.05) is 26.9 Å². The number of aliphatic hydroxyl groups is 1. The van der Waals surface area contributed by atoms with Gasteiger partial charge in [0.2, 0.25) is 12.2 Å². The molecule has 128 valence electrons. The second-order valence-electron chi connectivity index (χ2n) is 6.26. The fourth-order valence-electron chi connectivity index (χ4n) is 3.44. The first-order chi connectivity index (χ1) is 11.7. The maximum absolute atomic E-state index is 10.4. The normalized spacial score (nSPS) is 25.5. The summed E-state index contributed by atoms with van der Waals surface area (Å²) in [6.07, 6.45) is 4.08. The third-order valence-electron chi connectivity index (χ3n) is 4.74. The minimum absolute atomic E-state index is 0.129. The summed E-state index contributed by atoms with van der Waals surface area (Å²) < 4.78 is 16.7. The van der Waals surface area contributed by atoms with Gasteiger partial charge in [0.05, 0.1) is 18.9 Å². The van der Waals surface area contributed by atoms with Crippen molar-refractivity contribution in [1.82, 2.24) is 4.90 Å². The lowest BCUT2D eigenvalue weighted by Crippen LogP contribution is -2.40. The van der Waals surface area contributed by atoms with Crippen LogP contribution in [0.4, 0.5) is 0 Å². The Bertz CT molecular complexity index is 680. The van der Waals surface area contributed by atoms with Crippen LogP contribution >= 0.6 is 0 Å². The van der Waals surface area contributed by atoms with Gasteiger partial charge in [-0.3, -0.25) is 0 Å². The molecule has 0 aromatic heterocycles. The van der Waals surface area contributed by atoms with E-state index in [2.05, 4.69) is 11.1 Å². The van der Waals surface area contributed by atoms with Crippen LogP contribution in [0.1, 0.15) is 24.0 Å². The van der Waals surface area contributed by atoms with Gasteiger partial charge in [-0.15, -0.1) is 0 Å². The molecule has 3 aliphatic rings. The first-order valence-corrected chi connectivity index (χ1v) is 8.40. The molecule has 0 bridgehead atoms.